The van der Waals surface area contributed by atoms with Crippen molar-refractivity contribution >= 4 is 22.8 Å². The molecule has 1 unspecified atom stereocenters. The molecule has 0 aliphatic carbocycles. The Bertz CT molecular complexity index is 978. The number of rotatable bonds is 10. The van der Waals surface area contributed by atoms with Crippen molar-refractivity contribution in [2.75, 3.05) is 0 Å². The molecule has 2 aromatic rings. The molecule has 0 saturated heterocycles. The Morgan fingerprint density at radius 3 is 2.47 bits per heavy atom. The highest BCUT2D eigenvalue weighted by molar-refractivity contribution is 5.87. The minimum absolute atomic E-state index is 0.335. The number of ether oxygens (including phenoxy) is 1. The van der Waals surface area contributed by atoms with Gasteiger partial charge < -0.3 is 19.6 Å². The number of fused-ring (bicyclic) bond motifs is 1. The van der Waals surface area contributed by atoms with Crippen molar-refractivity contribution in [1.82, 2.24) is 5.32 Å². The standard InChI is InChI=1S/C23H31NO6/c1-6-7-8-9-10-18-13(2)17-11-12-19(14(3)20(17)30-23(18)28)29-16(5)21(25)24-15(4)22(26)27/h11-12,15-16H,6-10H2,1-5H3,(H,24,25)(H,26,27)/t15-,16?/m0/s1. The van der Waals surface area contributed by atoms with Crippen LogP contribution in [0.15, 0.2) is 21.3 Å². The summed E-state index contributed by atoms with van der Waals surface area (Å²) >= 11 is 0. The summed E-state index contributed by atoms with van der Waals surface area (Å²) in [5.41, 5.74) is 2.35. The maximum Gasteiger partial charge on any atom is 0.339 e. The Morgan fingerprint density at radius 2 is 1.83 bits per heavy atom. The van der Waals surface area contributed by atoms with Crippen LogP contribution in [0.1, 0.15) is 63.1 Å². The molecular formula is C23H31NO6. The number of nitrogens with one attached hydrogen (secondary N) is 1. The van der Waals surface area contributed by atoms with E-state index in [1.807, 2.05) is 13.0 Å². The lowest BCUT2D eigenvalue weighted by Crippen LogP contribution is -2.44. The lowest BCUT2D eigenvalue weighted by atomic mass is 9.99. The zero-order chi connectivity index (χ0) is 22.4. The average molecular weight is 418 g/mol. The van der Waals surface area contributed by atoms with Crippen molar-refractivity contribution in [3.05, 3.63) is 39.2 Å². The number of carbonyl (C=O) groups excluding carboxylic acids is 1. The SMILES string of the molecule is CCCCCCc1c(C)c2ccc(OC(C)C(=O)N[C@@H](C)C(=O)O)c(C)c2oc1=O. The molecule has 7 heteroatoms. The fourth-order valence-corrected chi connectivity index (χ4v) is 3.35. The third-order valence-corrected chi connectivity index (χ3v) is 5.34. The number of aliphatic carboxylic acids is 1. The van der Waals surface area contributed by atoms with Gasteiger partial charge in [-0.2, -0.15) is 0 Å². The lowest BCUT2D eigenvalue weighted by Gasteiger charge is -2.18. The van der Waals surface area contributed by atoms with Crippen molar-refractivity contribution in [2.45, 2.75) is 78.9 Å². The first-order valence-electron chi connectivity index (χ1n) is 10.4. The highest BCUT2D eigenvalue weighted by atomic mass is 16.5. The third kappa shape index (κ3) is 5.40. The summed E-state index contributed by atoms with van der Waals surface area (Å²) in [7, 11) is 0. The summed E-state index contributed by atoms with van der Waals surface area (Å²) < 4.78 is 11.4. The Morgan fingerprint density at radius 1 is 1.13 bits per heavy atom. The van der Waals surface area contributed by atoms with Gasteiger partial charge in [0.1, 0.15) is 17.4 Å². The second-order valence-electron chi connectivity index (χ2n) is 7.70. The number of unbranched alkanes of at least 4 members (excludes halogenated alkanes) is 3. The van der Waals surface area contributed by atoms with Crippen LogP contribution in [0.4, 0.5) is 0 Å². The van der Waals surface area contributed by atoms with E-state index in [1.54, 1.807) is 13.0 Å². The number of carboxylic acid groups (broad SMARTS) is 1. The van der Waals surface area contributed by atoms with Gasteiger partial charge in [0.05, 0.1) is 0 Å². The molecule has 2 rings (SSSR count). The Kier molecular flexibility index (Phi) is 8.03. The van der Waals surface area contributed by atoms with E-state index in [0.29, 0.717) is 28.9 Å². The van der Waals surface area contributed by atoms with Gasteiger partial charge in [0.15, 0.2) is 6.10 Å². The van der Waals surface area contributed by atoms with Crippen molar-refractivity contribution < 1.29 is 23.8 Å². The topological polar surface area (TPSA) is 106 Å². The summed E-state index contributed by atoms with van der Waals surface area (Å²) in [5, 5.41) is 12.1. The van der Waals surface area contributed by atoms with E-state index >= 15 is 0 Å². The third-order valence-electron chi connectivity index (χ3n) is 5.34. The molecule has 1 heterocycles. The Labute approximate surface area is 176 Å². The van der Waals surface area contributed by atoms with Gasteiger partial charge in [0.2, 0.25) is 0 Å². The lowest BCUT2D eigenvalue weighted by molar-refractivity contribution is -0.142. The molecular weight excluding hydrogens is 386 g/mol. The van der Waals surface area contributed by atoms with Gasteiger partial charge >= 0.3 is 11.6 Å². The molecule has 1 aromatic heterocycles. The molecule has 0 spiro atoms. The van der Waals surface area contributed by atoms with E-state index in [1.165, 1.54) is 13.8 Å². The summed E-state index contributed by atoms with van der Waals surface area (Å²) in [6, 6.07) is 2.56. The Balaban J connectivity index is 2.26. The predicted molar refractivity (Wildman–Crippen MR) is 115 cm³/mol. The van der Waals surface area contributed by atoms with Crippen LogP contribution < -0.4 is 15.7 Å². The highest BCUT2D eigenvalue weighted by Crippen LogP contribution is 2.30. The second-order valence-corrected chi connectivity index (χ2v) is 7.70. The number of carboxylic acids is 1. The van der Waals surface area contributed by atoms with Gasteiger partial charge in [-0.15, -0.1) is 0 Å². The van der Waals surface area contributed by atoms with E-state index < -0.39 is 24.0 Å². The number of hydrogen-bond acceptors (Lipinski definition) is 5. The molecule has 30 heavy (non-hydrogen) atoms. The van der Waals surface area contributed by atoms with Gasteiger partial charge in [-0.25, -0.2) is 4.79 Å². The van der Waals surface area contributed by atoms with Crippen molar-refractivity contribution in [2.24, 2.45) is 0 Å². The number of amides is 1. The second kappa shape index (κ2) is 10.3. The molecule has 0 aliphatic heterocycles. The van der Waals surface area contributed by atoms with E-state index in [2.05, 4.69) is 12.2 Å². The molecule has 1 aromatic carbocycles. The van der Waals surface area contributed by atoms with Gasteiger partial charge in [-0.1, -0.05) is 26.2 Å². The molecule has 0 saturated carbocycles. The molecule has 1 amide bonds. The molecule has 7 nitrogen and oxygen atoms in total. The van der Waals surface area contributed by atoms with Crippen LogP contribution in [0.5, 0.6) is 5.75 Å². The van der Waals surface area contributed by atoms with Crippen LogP contribution in [0, 0.1) is 13.8 Å². The number of aryl methyl sites for hydroxylation is 2. The zero-order valence-corrected chi connectivity index (χ0v) is 18.3. The van der Waals surface area contributed by atoms with Crippen LogP contribution in [-0.4, -0.2) is 29.1 Å². The van der Waals surface area contributed by atoms with Gasteiger partial charge in [0.25, 0.3) is 5.91 Å². The summed E-state index contributed by atoms with van der Waals surface area (Å²) in [5.74, 6) is -1.25. The first-order chi connectivity index (χ1) is 14.2. The van der Waals surface area contributed by atoms with Crippen molar-refractivity contribution in [1.29, 1.82) is 0 Å². The normalized spacial score (nSPS) is 13.1. The van der Waals surface area contributed by atoms with Crippen LogP contribution in [0.2, 0.25) is 0 Å². The molecule has 2 N–H and O–H groups in total. The summed E-state index contributed by atoms with van der Waals surface area (Å²) in [6.07, 6.45) is 4.11. The minimum Gasteiger partial charge on any atom is -0.480 e. The predicted octanol–water partition coefficient (Wildman–Crippen LogP) is 3.89. The fourth-order valence-electron chi connectivity index (χ4n) is 3.35. The molecule has 2 atom stereocenters. The average Bonchev–Trinajstić information content (AvgIpc) is 2.69. The molecule has 0 aliphatic rings. The molecule has 0 bridgehead atoms. The van der Waals surface area contributed by atoms with Crippen molar-refractivity contribution in [3.8, 4) is 5.75 Å². The zero-order valence-electron chi connectivity index (χ0n) is 18.3. The van der Waals surface area contributed by atoms with E-state index in [9.17, 15) is 14.4 Å². The molecule has 0 fully saturated rings. The van der Waals surface area contributed by atoms with Crippen LogP contribution in [-0.2, 0) is 16.0 Å². The van der Waals surface area contributed by atoms with Crippen molar-refractivity contribution in [3.63, 3.8) is 0 Å². The van der Waals surface area contributed by atoms with Gasteiger partial charge in [-0.3, -0.25) is 9.59 Å². The molecule has 0 radical (unpaired) electrons. The van der Waals surface area contributed by atoms with E-state index in [0.717, 1.165) is 36.6 Å². The maximum atomic E-state index is 12.6. The van der Waals surface area contributed by atoms with Crippen LogP contribution in [0.3, 0.4) is 0 Å². The first-order valence-corrected chi connectivity index (χ1v) is 10.4. The number of carbonyl (C=O) groups is 2. The monoisotopic (exact) mass is 417 g/mol. The van der Waals surface area contributed by atoms with Crippen LogP contribution >= 0.6 is 0 Å². The molecule has 164 valence electrons. The summed E-state index contributed by atoms with van der Waals surface area (Å²) in [4.78, 5) is 35.6. The fraction of sp³-hybridized carbons (Fsp3) is 0.522. The maximum absolute atomic E-state index is 12.6. The van der Waals surface area contributed by atoms with E-state index in [-0.39, 0.29) is 5.63 Å². The highest BCUT2D eigenvalue weighted by Gasteiger charge is 2.22. The summed E-state index contributed by atoms with van der Waals surface area (Å²) in [6.45, 7) is 8.76. The van der Waals surface area contributed by atoms with Gasteiger partial charge in [-0.05, 0) is 58.2 Å². The largest absolute Gasteiger partial charge is 0.480 e. The van der Waals surface area contributed by atoms with E-state index in [4.69, 9.17) is 14.3 Å². The van der Waals surface area contributed by atoms with Gasteiger partial charge in [0, 0.05) is 16.5 Å². The Hall–Kier alpha value is -2.83. The van der Waals surface area contributed by atoms with Crippen LogP contribution in [0.25, 0.3) is 11.0 Å². The smallest absolute Gasteiger partial charge is 0.339 e. The quantitative estimate of drug-likeness (QED) is 0.449. The number of benzene rings is 1. The minimum atomic E-state index is -1.12. The number of hydrogen-bond donors (Lipinski definition) is 2. The first kappa shape index (κ1) is 23.4.